The summed E-state index contributed by atoms with van der Waals surface area (Å²) in [6.07, 6.45) is 0. The standard InChI is InChI=1S/C20H29N3O3/c1-14(2)16-7-6-8-17(13-16)20(4,5)22-19(25)21-15(3)18(24)23-9-11-26-12-10-23/h6-8,13,15H,1,9-12H2,2-5H3,(H2,21,22,25)/t15-/m0/s1. The molecule has 2 N–H and O–H groups in total. The van der Waals surface area contributed by atoms with E-state index in [1.54, 1.807) is 11.8 Å². The fourth-order valence-corrected chi connectivity index (χ4v) is 2.88. The van der Waals surface area contributed by atoms with Gasteiger partial charge in [-0.25, -0.2) is 4.79 Å². The second-order valence-electron chi connectivity index (χ2n) is 7.24. The average Bonchev–Trinajstić information content (AvgIpc) is 2.61. The summed E-state index contributed by atoms with van der Waals surface area (Å²) in [4.78, 5) is 26.5. The summed E-state index contributed by atoms with van der Waals surface area (Å²) in [5.74, 6) is -0.0921. The maximum Gasteiger partial charge on any atom is 0.316 e. The highest BCUT2D eigenvalue weighted by Gasteiger charge is 2.27. The maximum atomic E-state index is 12.4. The molecule has 0 bridgehead atoms. The lowest BCUT2D eigenvalue weighted by molar-refractivity contribution is -0.136. The number of nitrogens with one attached hydrogen (secondary N) is 2. The second-order valence-corrected chi connectivity index (χ2v) is 7.24. The Balaban J connectivity index is 1.98. The monoisotopic (exact) mass is 359 g/mol. The highest BCUT2D eigenvalue weighted by atomic mass is 16.5. The number of allylic oxidation sites excluding steroid dienone is 1. The van der Waals surface area contributed by atoms with Crippen LogP contribution in [0.1, 0.15) is 38.8 Å². The molecule has 1 aromatic carbocycles. The molecule has 0 spiro atoms. The molecule has 0 radical (unpaired) electrons. The molecular weight excluding hydrogens is 330 g/mol. The Kier molecular flexibility index (Phi) is 6.42. The first-order chi connectivity index (χ1) is 12.2. The van der Waals surface area contributed by atoms with Crippen molar-refractivity contribution in [3.8, 4) is 0 Å². The number of ether oxygens (including phenoxy) is 1. The van der Waals surface area contributed by atoms with Crippen molar-refractivity contribution in [1.29, 1.82) is 0 Å². The van der Waals surface area contributed by atoms with Crippen molar-refractivity contribution in [1.82, 2.24) is 15.5 Å². The fourth-order valence-electron chi connectivity index (χ4n) is 2.88. The highest BCUT2D eigenvalue weighted by molar-refractivity contribution is 5.87. The summed E-state index contributed by atoms with van der Waals surface area (Å²) in [6, 6.07) is 6.96. The molecule has 0 unspecified atom stereocenters. The molecule has 142 valence electrons. The first-order valence-electron chi connectivity index (χ1n) is 8.92. The molecule has 0 saturated carbocycles. The predicted molar refractivity (Wildman–Crippen MR) is 103 cm³/mol. The molecule has 0 aromatic heterocycles. The largest absolute Gasteiger partial charge is 0.378 e. The number of carbonyl (C=O) groups excluding carboxylic acids is 2. The van der Waals surface area contributed by atoms with E-state index in [1.807, 2.05) is 45.0 Å². The zero-order chi connectivity index (χ0) is 19.3. The van der Waals surface area contributed by atoms with Crippen LogP contribution in [-0.2, 0) is 15.1 Å². The Hall–Kier alpha value is -2.34. The maximum absolute atomic E-state index is 12.4. The first-order valence-corrected chi connectivity index (χ1v) is 8.92. The van der Waals surface area contributed by atoms with Gasteiger partial charge in [-0.2, -0.15) is 0 Å². The van der Waals surface area contributed by atoms with E-state index in [-0.39, 0.29) is 11.9 Å². The van der Waals surface area contributed by atoms with Gasteiger partial charge in [0.1, 0.15) is 6.04 Å². The van der Waals surface area contributed by atoms with E-state index in [9.17, 15) is 9.59 Å². The Morgan fingerprint density at radius 3 is 2.54 bits per heavy atom. The van der Waals surface area contributed by atoms with Crippen molar-refractivity contribution in [3.63, 3.8) is 0 Å². The lowest BCUT2D eigenvalue weighted by atomic mass is 9.92. The molecule has 1 aromatic rings. The van der Waals surface area contributed by atoms with Gasteiger partial charge in [-0.3, -0.25) is 4.79 Å². The van der Waals surface area contributed by atoms with Crippen molar-refractivity contribution in [2.75, 3.05) is 26.3 Å². The Bertz CT molecular complexity index is 679. The van der Waals surface area contributed by atoms with Crippen LogP contribution in [-0.4, -0.2) is 49.2 Å². The molecule has 1 aliphatic rings. The van der Waals surface area contributed by atoms with Crippen LogP contribution in [0.2, 0.25) is 0 Å². The number of carbonyl (C=O) groups is 2. The summed E-state index contributed by atoms with van der Waals surface area (Å²) in [6.45, 7) is 13.7. The third-order valence-corrected chi connectivity index (χ3v) is 4.54. The van der Waals surface area contributed by atoms with Crippen LogP contribution in [0.15, 0.2) is 30.8 Å². The topological polar surface area (TPSA) is 70.7 Å². The van der Waals surface area contributed by atoms with Crippen molar-refractivity contribution in [2.45, 2.75) is 39.3 Å². The minimum atomic E-state index is -0.592. The molecule has 1 fully saturated rings. The van der Waals surface area contributed by atoms with Crippen LogP contribution in [0.4, 0.5) is 4.79 Å². The lowest BCUT2D eigenvalue weighted by Crippen LogP contribution is -2.54. The van der Waals surface area contributed by atoms with E-state index in [2.05, 4.69) is 17.2 Å². The third-order valence-electron chi connectivity index (χ3n) is 4.54. The minimum absolute atomic E-state index is 0.0921. The Morgan fingerprint density at radius 2 is 1.92 bits per heavy atom. The van der Waals surface area contributed by atoms with Gasteiger partial charge in [0.2, 0.25) is 5.91 Å². The third kappa shape index (κ3) is 5.08. The number of benzene rings is 1. The van der Waals surface area contributed by atoms with Gasteiger partial charge >= 0.3 is 6.03 Å². The zero-order valence-electron chi connectivity index (χ0n) is 16.1. The normalized spacial score (nSPS) is 15.9. The van der Waals surface area contributed by atoms with Gasteiger partial charge < -0.3 is 20.3 Å². The number of hydrogen-bond acceptors (Lipinski definition) is 3. The molecule has 6 heteroatoms. The van der Waals surface area contributed by atoms with Gasteiger partial charge in [-0.05, 0) is 44.9 Å². The van der Waals surface area contributed by atoms with Crippen LogP contribution in [0, 0.1) is 0 Å². The smallest absolute Gasteiger partial charge is 0.316 e. The number of hydrogen-bond donors (Lipinski definition) is 2. The first kappa shape index (κ1) is 20.0. The van der Waals surface area contributed by atoms with Gasteiger partial charge in [0.05, 0.1) is 18.8 Å². The van der Waals surface area contributed by atoms with Crippen molar-refractivity contribution in [2.24, 2.45) is 0 Å². The molecule has 0 aliphatic carbocycles. The summed E-state index contributed by atoms with van der Waals surface area (Å²) in [5, 5.41) is 5.69. The second kappa shape index (κ2) is 8.36. The lowest BCUT2D eigenvalue weighted by Gasteiger charge is -2.31. The fraction of sp³-hybridized carbons (Fsp3) is 0.500. The number of urea groups is 1. The molecule has 1 saturated heterocycles. The minimum Gasteiger partial charge on any atom is -0.378 e. The van der Waals surface area contributed by atoms with Crippen LogP contribution in [0.3, 0.4) is 0 Å². The molecule has 1 aliphatic heterocycles. The van der Waals surface area contributed by atoms with Crippen LogP contribution >= 0.6 is 0 Å². The van der Waals surface area contributed by atoms with Gasteiger partial charge in [-0.15, -0.1) is 0 Å². The van der Waals surface area contributed by atoms with Crippen LogP contribution in [0.25, 0.3) is 5.57 Å². The molecule has 1 atom stereocenters. The predicted octanol–water partition coefficient (Wildman–Crippen LogP) is 2.50. The number of morpholine rings is 1. The number of nitrogens with zero attached hydrogens (tertiary/aromatic N) is 1. The number of rotatable bonds is 5. The van der Waals surface area contributed by atoms with Crippen molar-refractivity contribution >= 4 is 17.5 Å². The molecule has 2 rings (SSSR count). The summed E-state index contributed by atoms with van der Waals surface area (Å²) in [7, 11) is 0. The van der Waals surface area contributed by atoms with E-state index in [1.165, 1.54) is 0 Å². The van der Waals surface area contributed by atoms with E-state index >= 15 is 0 Å². The van der Waals surface area contributed by atoms with Gasteiger partial charge in [0, 0.05) is 13.1 Å². The molecule has 6 nitrogen and oxygen atoms in total. The molecule has 26 heavy (non-hydrogen) atoms. The van der Waals surface area contributed by atoms with Gasteiger partial charge in [-0.1, -0.05) is 30.4 Å². The number of amides is 3. The zero-order valence-corrected chi connectivity index (χ0v) is 16.1. The molecule has 3 amide bonds. The summed E-state index contributed by atoms with van der Waals surface area (Å²) in [5.41, 5.74) is 2.39. The summed E-state index contributed by atoms with van der Waals surface area (Å²) >= 11 is 0. The molecular formula is C20H29N3O3. The van der Waals surface area contributed by atoms with E-state index in [0.717, 1.165) is 16.7 Å². The van der Waals surface area contributed by atoms with E-state index in [0.29, 0.717) is 26.3 Å². The van der Waals surface area contributed by atoms with Crippen LogP contribution in [0.5, 0.6) is 0 Å². The van der Waals surface area contributed by atoms with E-state index in [4.69, 9.17) is 4.74 Å². The quantitative estimate of drug-likeness (QED) is 0.849. The Labute approximate surface area is 155 Å². The van der Waals surface area contributed by atoms with Gasteiger partial charge in [0.15, 0.2) is 0 Å². The van der Waals surface area contributed by atoms with Crippen LogP contribution < -0.4 is 10.6 Å². The van der Waals surface area contributed by atoms with Crippen molar-refractivity contribution in [3.05, 3.63) is 42.0 Å². The van der Waals surface area contributed by atoms with Gasteiger partial charge in [0.25, 0.3) is 0 Å². The summed E-state index contributed by atoms with van der Waals surface area (Å²) < 4.78 is 5.25. The van der Waals surface area contributed by atoms with Crippen molar-refractivity contribution < 1.29 is 14.3 Å². The highest BCUT2D eigenvalue weighted by Crippen LogP contribution is 2.23. The Morgan fingerprint density at radius 1 is 1.27 bits per heavy atom. The average molecular weight is 359 g/mol. The van der Waals surface area contributed by atoms with E-state index < -0.39 is 11.6 Å². The molecule has 1 heterocycles. The SMILES string of the molecule is C=C(C)c1cccc(C(C)(C)NC(=O)N[C@@H](C)C(=O)N2CCOCC2)c1.